The fourth-order valence-electron chi connectivity index (χ4n) is 4.14. The predicted octanol–water partition coefficient (Wildman–Crippen LogP) is 2.82. The molecule has 0 bridgehead atoms. The lowest BCUT2D eigenvalue weighted by Gasteiger charge is -2.58. The fourth-order valence-corrected chi connectivity index (χ4v) is 4.95. The predicted molar refractivity (Wildman–Crippen MR) is 99.9 cm³/mol. The molecule has 5 nitrogen and oxygen atoms in total. The zero-order chi connectivity index (χ0) is 17.3. The first-order valence-electron chi connectivity index (χ1n) is 9.01. The number of thiazole rings is 1. The standard InChI is InChI=1S/C19H26N4OS/c1-15-17(25-14-21-15)10-23-12-19(13-23)9-16(6-8-22(19)2)11-24-18-5-3-4-7-20-18/h3-5,7,14,16H,6,8-13H2,1-2H3. The van der Waals surface area contributed by atoms with Gasteiger partial charge in [0.2, 0.25) is 5.88 Å². The monoisotopic (exact) mass is 358 g/mol. The molecule has 2 saturated heterocycles. The van der Waals surface area contributed by atoms with Gasteiger partial charge in [-0.1, -0.05) is 6.07 Å². The van der Waals surface area contributed by atoms with Gasteiger partial charge in [-0.05, 0) is 45.3 Å². The minimum Gasteiger partial charge on any atom is -0.477 e. The highest BCUT2D eigenvalue weighted by atomic mass is 32.1. The zero-order valence-corrected chi connectivity index (χ0v) is 15.8. The lowest BCUT2D eigenvalue weighted by molar-refractivity contribution is -0.0872. The highest BCUT2D eigenvalue weighted by Crippen LogP contribution is 2.39. The van der Waals surface area contributed by atoms with Gasteiger partial charge in [0.05, 0.1) is 17.8 Å². The van der Waals surface area contributed by atoms with Gasteiger partial charge in [0.15, 0.2) is 0 Å². The molecular formula is C19H26N4OS. The lowest BCUT2D eigenvalue weighted by atomic mass is 9.75. The minimum absolute atomic E-state index is 0.328. The van der Waals surface area contributed by atoms with E-state index in [2.05, 4.69) is 33.7 Å². The second kappa shape index (κ2) is 7.02. The van der Waals surface area contributed by atoms with Gasteiger partial charge in [-0.3, -0.25) is 9.80 Å². The largest absolute Gasteiger partial charge is 0.477 e. The van der Waals surface area contributed by atoms with Crippen molar-refractivity contribution in [3.63, 3.8) is 0 Å². The Balaban J connectivity index is 1.32. The maximum absolute atomic E-state index is 5.92. The quantitative estimate of drug-likeness (QED) is 0.822. The van der Waals surface area contributed by atoms with E-state index in [0.29, 0.717) is 11.5 Å². The van der Waals surface area contributed by atoms with Gasteiger partial charge >= 0.3 is 0 Å². The average Bonchev–Trinajstić information content (AvgIpc) is 3.00. The van der Waals surface area contributed by atoms with E-state index in [1.807, 2.05) is 23.7 Å². The maximum Gasteiger partial charge on any atom is 0.213 e. The Morgan fingerprint density at radius 3 is 2.92 bits per heavy atom. The molecule has 134 valence electrons. The molecule has 0 aromatic carbocycles. The van der Waals surface area contributed by atoms with E-state index in [1.165, 1.54) is 23.4 Å². The van der Waals surface area contributed by atoms with Crippen LogP contribution in [-0.2, 0) is 6.54 Å². The lowest BCUT2D eigenvalue weighted by Crippen LogP contribution is -2.71. The molecule has 2 aromatic heterocycles. The molecular weight excluding hydrogens is 332 g/mol. The van der Waals surface area contributed by atoms with Gasteiger partial charge in [0.1, 0.15) is 0 Å². The molecule has 0 N–H and O–H groups in total. The molecule has 1 unspecified atom stereocenters. The number of likely N-dealkylation sites (N-methyl/N-ethyl adjacent to an activating group) is 1. The number of ether oxygens (including phenoxy) is 1. The second-order valence-electron chi connectivity index (χ2n) is 7.49. The molecule has 6 heteroatoms. The maximum atomic E-state index is 5.92. The Bertz CT molecular complexity index is 698. The molecule has 2 aliphatic rings. The highest BCUT2D eigenvalue weighted by Gasteiger charge is 2.49. The molecule has 0 amide bonds. The summed E-state index contributed by atoms with van der Waals surface area (Å²) in [5, 5.41) is 0. The number of aryl methyl sites for hydroxylation is 1. The smallest absolute Gasteiger partial charge is 0.213 e. The third-order valence-corrected chi connectivity index (χ3v) is 6.62. The van der Waals surface area contributed by atoms with Crippen LogP contribution in [0.15, 0.2) is 29.9 Å². The normalized spacial score (nSPS) is 23.5. The van der Waals surface area contributed by atoms with Crippen LogP contribution in [0.4, 0.5) is 0 Å². The Kier molecular flexibility index (Phi) is 4.75. The third-order valence-electron chi connectivity index (χ3n) is 5.70. The number of rotatable bonds is 5. The number of nitrogens with zero attached hydrogens (tertiary/aromatic N) is 4. The molecule has 4 rings (SSSR count). The van der Waals surface area contributed by atoms with Gasteiger partial charge in [0.25, 0.3) is 0 Å². The van der Waals surface area contributed by atoms with Crippen LogP contribution >= 0.6 is 11.3 Å². The number of piperidine rings is 1. The van der Waals surface area contributed by atoms with E-state index in [0.717, 1.165) is 38.7 Å². The van der Waals surface area contributed by atoms with Crippen LogP contribution in [0.5, 0.6) is 5.88 Å². The molecule has 4 heterocycles. The number of aromatic nitrogens is 2. The van der Waals surface area contributed by atoms with Crippen molar-refractivity contribution < 1.29 is 4.74 Å². The van der Waals surface area contributed by atoms with Crippen molar-refractivity contribution in [2.45, 2.75) is 31.8 Å². The zero-order valence-electron chi connectivity index (χ0n) is 15.0. The van der Waals surface area contributed by atoms with Gasteiger partial charge in [-0.25, -0.2) is 9.97 Å². The summed E-state index contributed by atoms with van der Waals surface area (Å²) in [6, 6.07) is 5.84. The van der Waals surface area contributed by atoms with Crippen molar-refractivity contribution in [2.75, 3.05) is 33.3 Å². The van der Waals surface area contributed by atoms with Gasteiger partial charge in [-0.15, -0.1) is 11.3 Å². The topological polar surface area (TPSA) is 41.5 Å². The van der Waals surface area contributed by atoms with Crippen molar-refractivity contribution in [1.82, 2.24) is 19.8 Å². The van der Waals surface area contributed by atoms with E-state index in [1.54, 1.807) is 17.5 Å². The molecule has 0 saturated carbocycles. The molecule has 2 fully saturated rings. The molecule has 1 spiro atoms. The summed E-state index contributed by atoms with van der Waals surface area (Å²) in [7, 11) is 2.28. The summed E-state index contributed by atoms with van der Waals surface area (Å²) in [6.07, 6.45) is 4.21. The Morgan fingerprint density at radius 2 is 2.20 bits per heavy atom. The molecule has 2 aliphatic heterocycles. The average molecular weight is 359 g/mol. The van der Waals surface area contributed by atoms with Crippen LogP contribution in [0.25, 0.3) is 0 Å². The van der Waals surface area contributed by atoms with Crippen LogP contribution in [0.3, 0.4) is 0 Å². The van der Waals surface area contributed by atoms with Crippen LogP contribution < -0.4 is 4.74 Å². The first-order chi connectivity index (χ1) is 12.1. The number of pyridine rings is 1. The third kappa shape index (κ3) is 3.57. The minimum atomic E-state index is 0.328. The van der Waals surface area contributed by atoms with Crippen molar-refractivity contribution in [1.29, 1.82) is 0 Å². The van der Waals surface area contributed by atoms with Crippen molar-refractivity contribution in [3.8, 4) is 5.88 Å². The van der Waals surface area contributed by atoms with Crippen LogP contribution in [-0.4, -0.2) is 58.6 Å². The molecule has 1 atom stereocenters. The van der Waals surface area contributed by atoms with E-state index in [4.69, 9.17) is 4.74 Å². The number of hydrogen-bond acceptors (Lipinski definition) is 6. The fraction of sp³-hybridized carbons (Fsp3) is 0.579. The number of likely N-dealkylation sites (tertiary alicyclic amines) is 2. The summed E-state index contributed by atoms with van der Waals surface area (Å²) < 4.78 is 5.92. The number of hydrogen-bond donors (Lipinski definition) is 0. The summed E-state index contributed by atoms with van der Waals surface area (Å²) in [4.78, 5) is 15.2. The van der Waals surface area contributed by atoms with Crippen LogP contribution in [0, 0.1) is 12.8 Å². The van der Waals surface area contributed by atoms with Gasteiger partial charge in [0, 0.05) is 42.3 Å². The van der Waals surface area contributed by atoms with Crippen molar-refractivity contribution in [2.24, 2.45) is 5.92 Å². The summed E-state index contributed by atoms with van der Waals surface area (Å²) >= 11 is 1.78. The second-order valence-corrected chi connectivity index (χ2v) is 8.43. The van der Waals surface area contributed by atoms with Crippen molar-refractivity contribution in [3.05, 3.63) is 40.5 Å². The van der Waals surface area contributed by atoms with Gasteiger partial charge in [-0.2, -0.15) is 0 Å². The Labute approximate surface area is 153 Å². The van der Waals surface area contributed by atoms with Crippen molar-refractivity contribution >= 4 is 11.3 Å². The molecule has 2 aromatic rings. The first-order valence-corrected chi connectivity index (χ1v) is 9.89. The summed E-state index contributed by atoms with van der Waals surface area (Å²) in [5.41, 5.74) is 3.47. The molecule has 25 heavy (non-hydrogen) atoms. The van der Waals surface area contributed by atoms with E-state index >= 15 is 0 Å². The molecule has 0 radical (unpaired) electrons. The highest BCUT2D eigenvalue weighted by molar-refractivity contribution is 7.09. The summed E-state index contributed by atoms with van der Waals surface area (Å²) in [5.74, 6) is 1.36. The Morgan fingerprint density at radius 1 is 1.32 bits per heavy atom. The van der Waals surface area contributed by atoms with Crippen LogP contribution in [0.1, 0.15) is 23.4 Å². The van der Waals surface area contributed by atoms with E-state index < -0.39 is 0 Å². The summed E-state index contributed by atoms with van der Waals surface area (Å²) in [6.45, 7) is 7.40. The van der Waals surface area contributed by atoms with Gasteiger partial charge < -0.3 is 4.74 Å². The van der Waals surface area contributed by atoms with Crippen LogP contribution in [0.2, 0.25) is 0 Å². The molecule has 0 aliphatic carbocycles. The Hall–Kier alpha value is -1.50. The van der Waals surface area contributed by atoms with E-state index in [-0.39, 0.29) is 0 Å². The van der Waals surface area contributed by atoms with E-state index in [9.17, 15) is 0 Å². The SMILES string of the molecule is Cc1ncsc1CN1CC2(CC(COc3ccccn3)CCN2C)C1. The first kappa shape index (κ1) is 16.9.